The summed E-state index contributed by atoms with van der Waals surface area (Å²) in [6, 6.07) is 4.68. The number of para-hydroxylation sites is 1. The first kappa shape index (κ1) is 19.8. The second-order valence-corrected chi connectivity index (χ2v) is 7.14. The van der Waals surface area contributed by atoms with Gasteiger partial charge in [0.1, 0.15) is 5.56 Å². The molecule has 1 atom stereocenters. The summed E-state index contributed by atoms with van der Waals surface area (Å²) in [5.74, 6) is 0.00786. The summed E-state index contributed by atoms with van der Waals surface area (Å²) in [7, 11) is 0. The number of aromatic amines is 1. The Balaban J connectivity index is 1.73. The fourth-order valence-electron chi connectivity index (χ4n) is 3.69. The molecule has 0 spiro atoms. The molecule has 11 heteroatoms. The number of nitrogen functional groups attached to an aromatic ring is 1. The molecule has 1 aliphatic heterocycles. The van der Waals surface area contributed by atoms with Gasteiger partial charge in [-0.3, -0.25) is 0 Å². The Morgan fingerprint density at radius 1 is 1.37 bits per heavy atom. The van der Waals surface area contributed by atoms with Crippen LogP contribution in [0.2, 0.25) is 0 Å². The van der Waals surface area contributed by atoms with Crippen molar-refractivity contribution in [3.8, 4) is 11.3 Å². The Labute approximate surface area is 168 Å². The zero-order chi connectivity index (χ0) is 21.5. The van der Waals surface area contributed by atoms with E-state index in [1.807, 2.05) is 0 Å². The van der Waals surface area contributed by atoms with Crippen LogP contribution in [0.1, 0.15) is 18.4 Å². The molecule has 158 valence electrons. The standard InChI is InChI=1S/C19H19F3N6O2/c20-19(21,22)13-8-25-17(26-10-3-2-6-28(9-10)18(29)30)27-15(13)12-7-24-16-11(12)4-1-5-14(16)23/h1,4-5,7-8,10,24H,2-3,6,9,23H2,(H,29,30)(H,25,26,27)/t10-/m0/s1. The zero-order valence-corrected chi connectivity index (χ0v) is 15.7. The average Bonchev–Trinajstić information content (AvgIpc) is 3.13. The van der Waals surface area contributed by atoms with Crippen LogP contribution in [-0.2, 0) is 6.18 Å². The fraction of sp³-hybridized carbons (Fsp3) is 0.316. The summed E-state index contributed by atoms with van der Waals surface area (Å²) in [5, 5.41) is 12.7. The second-order valence-electron chi connectivity index (χ2n) is 7.14. The zero-order valence-electron chi connectivity index (χ0n) is 15.7. The number of nitrogens with two attached hydrogens (primary N) is 1. The van der Waals surface area contributed by atoms with Crippen LogP contribution in [0.4, 0.5) is 29.6 Å². The van der Waals surface area contributed by atoms with Crippen LogP contribution in [-0.4, -0.2) is 50.2 Å². The SMILES string of the molecule is Nc1cccc2c(-c3nc(N[C@H]4CCCN(C(=O)O)C4)ncc3C(F)(F)F)c[nH]c12. The fourth-order valence-corrected chi connectivity index (χ4v) is 3.69. The maximum absolute atomic E-state index is 13.6. The normalized spacial score (nSPS) is 17.3. The lowest BCUT2D eigenvalue weighted by Crippen LogP contribution is -2.44. The van der Waals surface area contributed by atoms with Crippen molar-refractivity contribution in [3.05, 3.63) is 36.2 Å². The van der Waals surface area contributed by atoms with E-state index >= 15 is 0 Å². The lowest BCUT2D eigenvalue weighted by Gasteiger charge is -2.31. The maximum atomic E-state index is 13.6. The highest BCUT2D eigenvalue weighted by Gasteiger charge is 2.36. The summed E-state index contributed by atoms with van der Waals surface area (Å²) in [5.41, 5.74) is 5.86. The van der Waals surface area contributed by atoms with E-state index in [-0.39, 0.29) is 29.8 Å². The highest BCUT2D eigenvalue weighted by Crippen LogP contribution is 2.39. The van der Waals surface area contributed by atoms with Crippen LogP contribution < -0.4 is 11.1 Å². The Kier molecular flexibility index (Phi) is 4.88. The summed E-state index contributed by atoms with van der Waals surface area (Å²) < 4.78 is 40.9. The van der Waals surface area contributed by atoms with Gasteiger partial charge in [0.15, 0.2) is 0 Å². The van der Waals surface area contributed by atoms with E-state index in [1.54, 1.807) is 18.2 Å². The highest BCUT2D eigenvalue weighted by molar-refractivity contribution is 6.00. The molecule has 3 aromatic rings. The van der Waals surface area contributed by atoms with Gasteiger partial charge in [0.05, 0.1) is 16.9 Å². The van der Waals surface area contributed by atoms with E-state index < -0.39 is 17.8 Å². The number of benzene rings is 1. The van der Waals surface area contributed by atoms with Crippen molar-refractivity contribution < 1.29 is 23.1 Å². The molecule has 8 nitrogen and oxygen atoms in total. The van der Waals surface area contributed by atoms with Crippen LogP contribution in [0.25, 0.3) is 22.2 Å². The number of amides is 1. The maximum Gasteiger partial charge on any atom is 0.419 e. The summed E-state index contributed by atoms with van der Waals surface area (Å²) in [4.78, 5) is 23.4. The number of piperidine rings is 1. The third-order valence-corrected chi connectivity index (χ3v) is 5.12. The van der Waals surface area contributed by atoms with Gasteiger partial charge in [0.25, 0.3) is 0 Å². The molecule has 0 bridgehead atoms. The molecule has 0 aliphatic carbocycles. The number of aromatic nitrogens is 3. The number of carbonyl (C=O) groups is 1. The van der Waals surface area contributed by atoms with E-state index in [2.05, 4.69) is 20.3 Å². The number of hydrogen-bond donors (Lipinski definition) is 4. The van der Waals surface area contributed by atoms with Crippen LogP contribution in [0, 0.1) is 0 Å². The summed E-state index contributed by atoms with van der Waals surface area (Å²) >= 11 is 0. The number of nitrogens with zero attached hydrogens (tertiary/aromatic N) is 3. The van der Waals surface area contributed by atoms with Crippen LogP contribution in [0.3, 0.4) is 0 Å². The van der Waals surface area contributed by atoms with Crippen LogP contribution >= 0.6 is 0 Å². The third kappa shape index (κ3) is 3.70. The number of nitrogens with one attached hydrogen (secondary N) is 2. The van der Waals surface area contributed by atoms with Gasteiger partial charge in [0, 0.05) is 42.5 Å². The Morgan fingerprint density at radius 2 is 2.17 bits per heavy atom. The van der Waals surface area contributed by atoms with Crippen molar-refractivity contribution in [2.24, 2.45) is 0 Å². The summed E-state index contributed by atoms with van der Waals surface area (Å²) in [6.45, 7) is 0.627. The third-order valence-electron chi connectivity index (χ3n) is 5.12. The number of H-pyrrole nitrogens is 1. The molecule has 0 radical (unpaired) electrons. The Morgan fingerprint density at radius 3 is 2.90 bits per heavy atom. The smallest absolute Gasteiger partial charge is 0.419 e. The molecule has 4 rings (SSSR count). The van der Waals surface area contributed by atoms with E-state index in [4.69, 9.17) is 10.8 Å². The molecular formula is C19H19F3N6O2. The topological polar surface area (TPSA) is 120 Å². The first-order valence-corrected chi connectivity index (χ1v) is 9.28. The molecule has 1 saturated heterocycles. The summed E-state index contributed by atoms with van der Waals surface area (Å²) in [6.07, 6.45) is -2.20. The first-order valence-electron chi connectivity index (χ1n) is 9.28. The number of rotatable bonds is 3. The molecule has 0 unspecified atom stereocenters. The molecule has 3 heterocycles. The van der Waals surface area contributed by atoms with Crippen LogP contribution in [0.5, 0.6) is 0 Å². The molecule has 5 N–H and O–H groups in total. The van der Waals surface area contributed by atoms with Gasteiger partial charge in [-0.2, -0.15) is 13.2 Å². The minimum absolute atomic E-state index is 0.00786. The predicted molar refractivity (Wildman–Crippen MR) is 105 cm³/mol. The molecule has 2 aromatic heterocycles. The molecule has 1 amide bonds. The number of anilines is 2. The van der Waals surface area contributed by atoms with E-state index in [0.717, 1.165) is 6.20 Å². The number of fused-ring (bicyclic) bond motifs is 1. The molecule has 1 aliphatic rings. The van der Waals surface area contributed by atoms with Gasteiger partial charge >= 0.3 is 12.3 Å². The molecule has 0 saturated carbocycles. The molecule has 30 heavy (non-hydrogen) atoms. The monoisotopic (exact) mass is 420 g/mol. The van der Waals surface area contributed by atoms with Crippen molar-refractivity contribution in [2.45, 2.75) is 25.1 Å². The van der Waals surface area contributed by atoms with Crippen molar-refractivity contribution in [2.75, 3.05) is 24.1 Å². The minimum atomic E-state index is -4.65. The van der Waals surface area contributed by atoms with Crippen molar-refractivity contribution in [1.29, 1.82) is 0 Å². The van der Waals surface area contributed by atoms with Gasteiger partial charge in [-0.15, -0.1) is 0 Å². The second kappa shape index (κ2) is 7.39. The highest BCUT2D eigenvalue weighted by atomic mass is 19.4. The minimum Gasteiger partial charge on any atom is -0.465 e. The van der Waals surface area contributed by atoms with Gasteiger partial charge in [0.2, 0.25) is 5.95 Å². The Hall–Kier alpha value is -3.50. The van der Waals surface area contributed by atoms with Crippen molar-refractivity contribution in [3.63, 3.8) is 0 Å². The predicted octanol–water partition coefficient (Wildman–Crippen LogP) is 3.78. The first-order chi connectivity index (χ1) is 14.2. The quantitative estimate of drug-likeness (QED) is 0.479. The number of carboxylic acid groups (broad SMARTS) is 1. The van der Waals surface area contributed by atoms with Crippen molar-refractivity contribution >= 4 is 28.6 Å². The number of halogens is 3. The van der Waals surface area contributed by atoms with Crippen molar-refractivity contribution in [1.82, 2.24) is 19.9 Å². The molecular weight excluding hydrogens is 401 g/mol. The lowest BCUT2D eigenvalue weighted by molar-refractivity contribution is -0.137. The van der Waals surface area contributed by atoms with Crippen LogP contribution in [0.15, 0.2) is 30.6 Å². The molecule has 1 aromatic carbocycles. The number of likely N-dealkylation sites (tertiary alicyclic amines) is 1. The van der Waals surface area contributed by atoms with E-state index in [1.165, 1.54) is 11.1 Å². The number of alkyl halides is 3. The molecule has 1 fully saturated rings. The van der Waals surface area contributed by atoms with E-state index in [9.17, 15) is 18.0 Å². The van der Waals surface area contributed by atoms with Gasteiger partial charge in [-0.1, -0.05) is 12.1 Å². The average molecular weight is 420 g/mol. The Bertz CT molecular complexity index is 1100. The van der Waals surface area contributed by atoms with E-state index in [0.29, 0.717) is 36.0 Å². The van der Waals surface area contributed by atoms with Gasteiger partial charge in [-0.25, -0.2) is 14.8 Å². The van der Waals surface area contributed by atoms with Gasteiger partial charge < -0.3 is 26.0 Å². The largest absolute Gasteiger partial charge is 0.465 e. The lowest BCUT2D eigenvalue weighted by atomic mass is 10.0. The number of hydrogen-bond acceptors (Lipinski definition) is 5. The van der Waals surface area contributed by atoms with Gasteiger partial charge in [-0.05, 0) is 18.9 Å².